The van der Waals surface area contributed by atoms with Crippen LogP contribution in [0.2, 0.25) is 0 Å². The lowest BCUT2D eigenvalue weighted by Gasteiger charge is -2.34. The van der Waals surface area contributed by atoms with Crippen LogP contribution in [0.5, 0.6) is 0 Å². The highest BCUT2D eigenvalue weighted by Crippen LogP contribution is 2.03. The van der Waals surface area contributed by atoms with Gasteiger partial charge >= 0.3 is 0 Å². The molecule has 1 aliphatic heterocycles. The van der Waals surface area contributed by atoms with E-state index in [4.69, 9.17) is 0 Å². The van der Waals surface area contributed by atoms with Gasteiger partial charge < -0.3 is 10.3 Å². The van der Waals surface area contributed by atoms with Gasteiger partial charge in [-0.2, -0.15) is 0 Å². The number of piperazine rings is 1. The zero-order chi connectivity index (χ0) is 9.80. The maximum Gasteiger partial charge on any atom is 0.0898 e. The van der Waals surface area contributed by atoms with Gasteiger partial charge in [0.1, 0.15) is 0 Å². The van der Waals surface area contributed by atoms with E-state index in [0.29, 0.717) is 5.06 Å². The molecule has 1 N–H and O–H groups in total. The van der Waals surface area contributed by atoms with E-state index in [1.165, 1.54) is 5.56 Å². The molecule has 14 heavy (non-hydrogen) atoms. The summed E-state index contributed by atoms with van der Waals surface area (Å²) in [7, 11) is 0. The van der Waals surface area contributed by atoms with Crippen molar-refractivity contribution in [3.8, 4) is 0 Å². The lowest BCUT2D eigenvalue weighted by molar-refractivity contribution is -0.853. The quantitative estimate of drug-likeness (QED) is 0.663. The molecule has 0 unspecified atom stereocenters. The average molecular weight is 192 g/mol. The van der Waals surface area contributed by atoms with Crippen molar-refractivity contribution in [2.75, 3.05) is 26.2 Å². The van der Waals surface area contributed by atoms with Gasteiger partial charge in [0.2, 0.25) is 0 Å². The Kier molecular flexibility index (Phi) is 3.14. The van der Waals surface area contributed by atoms with Gasteiger partial charge in [-0.15, -0.1) is 0 Å². The molecule has 76 valence electrons. The van der Waals surface area contributed by atoms with Crippen molar-refractivity contribution in [2.45, 2.75) is 6.54 Å². The minimum atomic E-state index is 0.411. The molecule has 0 spiro atoms. The van der Waals surface area contributed by atoms with Gasteiger partial charge in [-0.25, -0.2) is 0 Å². The molecule has 1 heterocycles. The second kappa shape index (κ2) is 4.55. The van der Waals surface area contributed by atoms with Crippen LogP contribution in [-0.2, 0) is 6.54 Å². The molecule has 1 aromatic rings. The second-order valence-corrected chi connectivity index (χ2v) is 3.80. The van der Waals surface area contributed by atoms with Gasteiger partial charge in [0, 0.05) is 19.6 Å². The minimum absolute atomic E-state index is 0.411. The average Bonchev–Trinajstić information content (AvgIpc) is 2.23. The van der Waals surface area contributed by atoms with Gasteiger partial charge in [0.25, 0.3) is 0 Å². The fourth-order valence-electron chi connectivity index (χ4n) is 1.80. The summed E-state index contributed by atoms with van der Waals surface area (Å²) in [6.45, 7) is 4.29. The summed E-state index contributed by atoms with van der Waals surface area (Å²) in [5.41, 5.74) is 1.34. The highest BCUT2D eigenvalue weighted by Gasteiger charge is 2.14. The number of nitrogens with zero attached hydrogens (tertiary/aromatic N) is 1. The zero-order valence-electron chi connectivity index (χ0n) is 8.28. The van der Waals surface area contributed by atoms with E-state index < -0.39 is 0 Å². The molecule has 3 nitrogen and oxygen atoms in total. The molecule has 1 fully saturated rings. The molecular formula is C11H16N2O. The number of hydroxylamine groups is 2. The van der Waals surface area contributed by atoms with Crippen LogP contribution in [0.25, 0.3) is 0 Å². The lowest BCUT2D eigenvalue weighted by Crippen LogP contribution is -3.10. The standard InChI is InChI=1S/C11H16N2O/c14-13-8-6-12(7-9-13)10-11-4-2-1-3-5-11/h1-5,13H,6-10H2. The van der Waals surface area contributed by atoms with Crippen molar-refractivity contribution in [1.29, 1.82) is 0 Å². The molecule has 1 aromatic carbocycles. The van der Waals surface area contributed by atoms with Gasteiger partial charge in [-0.1, -0.05) is 30.3 Å². The van der Waals surface area contributed by atoms with Crippen molar-refractivity contribution in [1.82, 2.24) is 4.90 Å². The Hall–Kier alpha value is -0.900. The molecule has 0 bridgehead atoms. The number of hydrogen-bond donors (Lipinski definition) is 1. The van der Waals surface area contributed by atoms with E-state index in [1.54, 1.807) is 0 Å². The van der Waals surface area contributed by atoms with Crippen molar-refractivity contribution >= 4 is 0 Å². The highest BCUT2D eigenvalue weighted by molar-refractivity contribution is 5.14. The summed E-state index contributed by atoms with van der Waals surface area (Å²) in [4.78, 5) is 2.34. The second-order valence-electron chi connectivity index (χ2n) is 3.80. The van der Waals surface area contributed by atoms with Crippen LogP contribution in [0.3, 0.4) is 0 Å². The van der Waals surface area contributed by atoms with E-state index in [9.17, 15) is 5.21 Å². The Morgan fingerprint density at radius 2 is 1.79 bits per heavy atom. The van der Waals surface area contributed by atoms with Crippen molar-refractivity contribution in [3.63, 3.8) is 0 Å². The van der Waals surface area contributed by atoms with Crippen LogP contribution >= 0.6 is 0 Å². The molecule has 0 atom stereocenters. The van der Waals surface area contributed by atoms with Gasteiger partial charge in [-0.05, 0) is 5.56 Å². The fraction of sp³-hybridized carbons (Fsp3) is 0.455. The summed E-state index contributed by atoms with van der Waals surface area (Å²) in [6.07, 6.45) is 0. The van der Waals surface area contributed by atoms with Crippen LogP contribution in [0.1, 0.15) is 5.56 Å². The predicted molar refractivity (Wildman–Crippen MR) is 55.8 cm³/mol. The third kappa shape index (κ3) is 2.54. The topological polar surface area (TPSA) is 30.7 Å². The van der Waals surface area contributed by atoms with Gasteiger partial charge in [0.05, 0.1) is 13.1 Å². The molecule has 0 aromatic heterocycles. The normalized spacial score (nSPS) is 19.8. The van der Waals surface area contributed by atoms with E-state index in [2.05, 4.69) is 29.2 Å². The first-order chi connectivity index (χ1) is 6.84. The summed E-state index contributed by atoms with van der Waals surface area (Å²) in [5, 5.41) is 11.4. The Morgan fingerprint density at radius 1 is 1.14 bits per heavy atom. The molecule has 1 saturated heterocycles. The maximum atomic E-state index is 11.0. The van der Waals surface area contributed by atoms with Crippen LogP contribution < -0.4 is 5.06 Å². The zero-order valence-corrected chi connectivity index (χ0v) is 8.28. The lowest BCUT2D eigenvalue weighted by atomic mass is 10.2. The molecular weight excluding hydrogens is 176 g/mol. The SMILES string of the molecule is [O-][NH+]1CCN(Cc2ccccc2)CC1. The van der Waals surface area contributed by atoms with E-state index in [1.807, 2.05) is 6.07 Å². The van der Waals surface area contributed by atoms with E-state index >= 15 is 0 Å². The summed E-state index contributed by atoms with van der Waals surface area (Å²) in [6, 6.07) is 10.4. The highest BCUT2D eigenvalue weighted by atomic mass is 16.5. The monoisotopic (exact) mass is 192 g/mol. The van der Waals surface area contributed by atoms with Crippen LogP contribution in [0.4, 0.5) is 0 Å². The first-order valence-corrected chi connectivity index (χ1v) is 5.12. The first kappa shape index (κ1) is 9.65. The van der Waals surface area contributed by atoms with Crippen molar-refractivity contribution < 1.29 is 5.06 Å². The van der Waals surface area contributed by atoms with E-state index in [0.717, 1.165) is 32.7 Å². The van der Waals surface area contributed by atoms with Crippen molar-refractivity contribution in [3.05, 3.63) is 41.1 Å². The predicted octanol–water partition coefficient (Wildman–Crippen LogP) is -0.115. The van der Waals surface area contributed by atoms with Gasteiger partial charge in [-0.3, -0.25) is 4.90 Å². The van der Waals surface area contributed by atoms with Crippen LogP contribution in [0.15, 0.2) is 30.3 Å². The number of nitrogens with one attached hydrogen (secondary N) is 1. The molecule has 0 aliphatic carbocycles. The Labute approximate surface area is 84.5 Å². The summed E-state index contributed by atoms with van der Waals surface area (Å²) < 4.78 is 0. The summed E-state index contributed by atoms with van der Waals surface area (Å²) in [5.74, 6) is 0. The third-order valence-electron chi connectivity index (χ3n) is 2.66. The van der Waals surface area contributed by atoms with Gasteiger partial charge in [0.15, 0.2) is 0 Å². The van der Waals surface area contributed by atoms with E-state index in [-0.39, 0.29) is 0 Å². The van der Waals surface area contributed by atoms with Crippen LogP contribution in [0, 0.1) is 5.21 Å². The fourth-order valence-corrected chi connectivity index (χ4v) is 1.80. The smallest absolute Gasteiger partial charge is 0.0898 e. The minimum Gasteiger partial charge on any atom is -0.634 e. The molecule has 0 saturated carbocycles. The number of hydrogen-bond acceptors (Lipinski definition) is 2. The molecule has 0 radical (unpaired) electrons. The maximum absolute atomic E-state index is 11.0. The summed E-state index contributed by atoms with van der Waals surface area (Å²) >= 11 is 0. The third-order valence-corrected chi connectivity index (χ3v) is 2.66. The van der Waals surface area contributed by atoms with Crippen LogP contribution in [-0.4, -0.2) is 31.1 Å². The number of rotatable bonds is 2. The largest absolute Gasteiger partial charge is 0.634 e. The van der Waals surface area contributed by atoms with Crippen molar-refractivity contribution in [2.24, 2.45) is 0 Å². The number of quaternary nitrogens is 1. The molecule has 3 heteroatoms. The molecule has 2 rings (SSSR count). The molecule has 0 amide bonds. The number of benzene rings is 1. The Morgan fingerprint density at radius 3 is 2.43 bits per heavy atom. The Bertz CT molecular complexity index is 268. The Balaban J connectivity index is 1.87. The first-order valence-electron chi connectivity index (χ1n) is 5.12. The molecule has 1 aliphatic rings.